The molecule has 0 radical (unpaired) electrons. The van der Waals surface area contributed by atoms with E-state index in [9.17, 15) is 14.4 Å². The van der Waals surface area contributed by atoms with Gasteiger partial charge < -0.3 is 0 Å². The van der Waals surface area contributed by atoms with E-state index < -0.39 is 22.8 Å². The van der Waals surface area contributed by atoms with Crippen LogP contribution in [0.4, 0.5) is 0 Å². The monoisotopic (exact) mass is 418 g/mol. The Balaban J connectivity index is 2.06. The molecule has 0 aliphatic heterocycles. The first-order valence-corrected chi connectivity index (χ1v) is 10.4. The van der Waals surface area contributed by atoms with Gasteiger partial charge in [0.05, 0.1) is 0 Å². The number of Topliss-reactive ketones (excluding diaryl/α,β-unsaturated/α-hetero) is 3. The minimum atomic E-state index is -2.04. The fourth-order valence-electron chi connectivity index (χ4n) is 3.92. The van der Waals surface area contributed by atoms with Crippen LogP contribution in [0.25, 0.3) is 0 Å². The summed E-state index contributed by atoms with van der Waals surface area (Å²) in [4.78, 5) is 42.4. The van der Waals surface area contributed by atoms with Crippen molar-refractivity contribution in [2.24, 2.45) is 0 Å². The molecule has 0 aromatic heterocycles. The number of ketones is 3. The molecule has 0 saturated carbocycles. The van der Waals surface area contributed by atoms with Crippen molar-refractivity contribution in [3.8, 4) is 0 Å². The van der Waals surface area contributed by atoms with Crippen LogP contribution < -0.4 is 0 Å². The van der Waals surface area contributed by atoms with Crippen LogP contribution in [0.15, 0.2) is 115 Å². The quantitative estimate of drug-likeness (QED) is 0.278. The molecule has 0 amide bonds. The number of hydrogen-bond donors (Lipinski definition) is 0. The molecule has 32 heavy (non-hydrogen) atoms. The van der Waals surface area contributed by atoms with E-state index in [1.165, 1.54) is 0 Å². The summed E-state index contributed by atoms with van der Waals surface area (Å²) < 4.78 is 0. The van der Waals surface area contributed by atoms with Crippen LogP contribution in [0.3, 0.4) is 0 Å². The summed E-state index contributed by atoms with van der Waals surface area (Å²) in [6, 6.07) is 32.7. The van der Waals surface area contributed by atoms with E-state index in [0.29, 0.717) is 22.3 Å². The molecule has 3 nitrogen and oxygen atoms in total. The molecular formula is C29H22O3. The molecule has 4 aromatic carbocycles. The summed E-state index contributed by atoms with van der Waals surface area (Å²) in [5, 5.41) is 0. The van der Waals surface area contributed by atoms with Crippen molar-refractivity contribution in [3.63, 3.8) is 0 Å². The van der Waals surface area contributed by atoms with Crippen molar-refractivity contribution in [1.29, 1.82) is 0 Å². The Kier molecular flexibility index (Phi) is 5.91. The summed E-state index contributed by atoms with van der Waals surface area (Å²) in [5.74, 6) is -1.61. The highest BCUT2D eigenvalue weighted by molar-refractivity contribution is 6.40. The Labute approximate surface area is 187 Å². The van der Waals surface area contributed by atoms with Gasteiger partial charge in [-0.2, -0.15) is 0 Å². The normalized spacial score (nSPS) is 11.0. The zero-order valence-electron chi connectivity index (χ0n) is 17.7. The Bertz CT molecular complexity index is 1120. The Morgan fingerprint density at radius 2 is 0.781 bits per heavy atom. The number of rotatable bonds is 7. The molecule has 0 N–H and O–H groups in total. The maximum Gasteiger partial charge on any atom is 0.189 e. The molecule has 0 aliphatic rings. The van der Waals surface area contributed by atoms with Gasteiger partial charge in [0.25, 0.3) is 0 Å². The van der Waals surface area contributed by atoms with Crippen molar-refractivity contribution in [2.45, 2.75) is 12.3 Å². The molecule has 4 aromatic rings. The highest BCUT2D eigenvalue weighted by Gasteiger charge is 2.54. The lowest BCUT2D eigenvalue weighted by Crippen LogP contribution is -2.51. The predicted molar refractivity (Wildman–Crippen MR) is 125 cm³/mol. The number of aryl methyl sites for hydroxylation is 1. The molecule has 0 spiro atoms. The first kappa shape index (κ1) is 21.1. The molecule has 0 aliphatic carbocycles. The number of carbonyl (C=O) groups is 3. The zero-order valence-corrected chi connectivity index (χ0v) is 17.7. The standard InChI is InChI=1S/C29H22O3/c1-21-17-19-25(20-18-21)29(26(30)22-11-5-2-6-12-22,27(31)23-13-7-3-8-14-23)28(32)24-15-9-4-10-16-24/h2-20H,1H3. The Hall–Kier alpha value is -4.11. The maximum absolute atomic E-state index is 14.1. The molecule has 156 valence electrons. The third-order valence-electron chi connectivity index (χ3n) is 5.61. The van der Waals surface area contributed by atoms with E-state index in [-0.39, 0.29) is 0 Å². The predicted octanol–water partition coefficient (Wildman–Crippen LogP) is 5.88. The summed E-state index contributed by atoms with van der Waals surface area (Å²) in [5.41, 5.74) is 0.205. The molecule has 0 fully saturated rings. The molecule has 0 saturated heterocycles. The smallest absolute Gasteiger partial charge is 0.189 e. The van der Waals surface area contributed by atoms with Crippen molar-refractivity contribution in [2.75, 3.05) is 0 Å². The van der Waals surface area contributed by atoms with Crippen molar-refractivity contribution in [3.05, 3.63) is 143 Å². The number of benzene rings is 4. The van der Waals surface area contributed by atoms with Crippen LogP contribution in [0.2, 0.25) is 0 Å². The summed E-state index contributed by atoms with van der Waals surface area (Å²) in [6.45, 7) is 1.92. The van der Waals surface area contributed by atoms with Gasteiger partial charge >= 0.3 is 0 Å². The van der Waals surface area contributed by atoms with Crippen molar-refractivity contribution >= 4 is 17.3 Å². The van der Waals surface area contributed by atoms with E-state index in [0.717, 1.165) is 5.56 Å². The third-order valence-corrected chi connectivity index (χ3v) is 5.61. The summed E-state index contributed by atoms with van der Waals surface area (Å²) in [7, 11) is 0. The van der Waals surface area contributed by atoms with Crippen LogP contribution in [0.5, 0.6) is 0 Å². The summed E-state index contributed by atoms with van der Waals surface area (Å²) in [6.07, 6.45) is 0. The topological polar surface area (TPSA) is 51.2 Å². The minimum Gasteiger partial charge on any atom is -0.292 e. The molecule has 0 heterocycles. The van der Waals surface area contributed by atoms with Crippen LogP contribution in [0.1, 0.15) is 42.2 Å². The highest BCUT2D eigenvalue weighted by atomic mass is 16.2. The molecule has 0 unspecified atom stereocenters. The minimum absolute atomic E-state index is 0.307. The lowest BCUT2D eigenvalue weighted by molar-refractivity contribution is 0.0685. The fourth-order valence-corrected chi connectivity index (χ4v) is 3.92. The highest BCUT2D eigenvalue weighted by Crippen LogP contribution is 2.36. The fraction of sp³-hybridized carbons (Fsp3) is 0.0690. The van der Waals surface area contributed by atoms with Crippen LogP contribution in [-0.2, 0) is 5.41 Å². The summed E-state index contributed by atoms with van der Waals surface area (Å²) >= 11 is 0. The van der Waals surface area contributed by atoms with Gasteiger partial charge in [0.15, 0.2) is 22.8 Å². The molecule has 3 heteroatoms. The second kappa shape index (κ2) is 8.94. The average molecular weight is 418 g/mol. The van der Waals surface area contributed by atoms with E-state index in [1.54, 1.807) is 103 Å². The van der Waals surface area contributed by atoms with E-state index >= 15 is 0 Å². The van der Waals surface area contributed by atoms with Gasteiger partial charge in [-0.1, -0.05) is 121 Å². The second-order valence-corrected chi connectivity index (χ2v) is 7.70. The molecule has 4 rings (SSSR count). The lowest BCUT2D eigenvalue weighted by atomic mass is 9.65. The molecule has 0 atom stereocenters. The molecular weight excluding hydrogens is 396 g/mol. The molecule has 0 bridgehead atoms. The second-order valence-electron chi connectivity index (χ2n) is 7.70. The van der Waals surface area contributed by atoms with E-state index in [1.807, 2.05) is 19.1 Å². The van der Waals surface area contributed by atoms with Crippen LogP contribution >= 0.6 is 0 Å². The zero-order chi connectivity index (χ0) is 22.6. The number of carbonyl (C=O) groups excluding carboxylic acids is 3. The van der Waals surface area contributed by atoms with Crippen molar-refractivity contribution < 1.29 is 14.4 Å². The Morgan fingerprint density at radius 3 is 1.09 bits per heavy atom. The lowest BCUT2D eigenvalue weighted by Gasteiger charge is -2.31. The first-order chi connectivity index (χ1) is 15.5. The van der Waals surface area contributed by atoms with E-state index in [4.69, 9.17) is 0 Å². The van der Waals surface area contributed by atoms with Gasteiger partial charge in [-0.05, 0) is 12.5 Å². The maximum atomic E-state index is 14.1. The van der Waals surface area contributed by atoms with Gasteiger partial charge in [0.1, 0.15) is 0 Å². The Morgan fingerprint density at radius 1 is 0.469 bits per heavy atom. The van der Waals surface area contributed by atoms with Gasteiger partial charge in [0, 0.05) is 16.7 Å². The SMILES string of the molecule is Cc1ccc(C(C(=O)c2ccccc2)(C(=O)c2ccccc2)C(=O)c2ccccc2)cc1. The largest absolute Gasteiger partial charge is 0.292 e. The first-order valence-electron chi connectivity index (χ1n) is 10.4. The van der Waals surface area contributed by atoms with Gasteiger partial charge in [-0.3, -0.25) is 14.4 Å². The van der Waals surface area contributed by atoms with Gasteiger partial charge in [-0.15, -0.1) is 0 Å². The number of hydrogen-bond acceptors (Lipinski definition) is 3. The third kappa shape index (κ3) is 3.69. The van der Waals surface area contributed by atoms with Crippen LogP contribution in [0, 0.1) is 6.92 Å². The van der Waals surface area contributed by atoms with E-state index in [2.05, 4.69) is 0 Å². The van der Waals surface area contributed by atoms with Crippen LogP contribution in [-0.4, -0.2) is 17.3 Å². The van der Waals surface area contributed by atoms with Gasteiger partial charge in [-0.25, -0.2) is 0 Å². The van der Waals surface area contributed by atoms with Gasteiger partial charge in [0.2, 0.25) is 0 Å². The van der Waals surface area contributed by atoms with Crippen molar-refractivity contribution in [1.82, 2.24) is 0 Å². The average Bonchev–Trinajstić information content (AvgIpc) is 2.86.